The largest absolute Gasteiger partial charge is 0.452 e. The van der Waals surface area contributed by atoms with E-state index in [4.69, 9.17) is 4.74 Å². The van der Waals surface area contributed by atoms with Gasteiger partial charge < -0.3 is 10.1 Å². The van der Waals surface area contributed by atoms with Crippen molar-refractivity contribution in [1.29, 1.82) is 0 Å². The van der Waals surface area contributed by atoms with Gasteiger partial charge in [0.1, 0.15) is 6.33 Å². The molecule has 0 aliphatic carbocycles. The van der Waals surface area contributed by atoms with E-state index in [1.807, 2.05) is 12.2 Å². The van der Waals surface area contributed by atoms with Crippen LogP contribution < -0.4 is 10.6 Å². The summed E-state index contributed by atoms with van der Waals surface area (Å²) in [7, 11) is 1.36. The van der Waals surface area contributed by atoms with Crippen LogP contribution in [0.4, 0.5) is 4.79 Å². The highest BCUT2D eigenvalue weighted by atomic mass is 16.5. The smallest absolute Gasteiger partial charge is 0.342 e. The van der Waals surface area contributed by atoms with Crippen molar-refractivity contribution in [2.75, 3.05) is 13.7 Å². The maximum Gasteiger partial charge on any atom is 0.342 e. The summed E-state index contributed by atoms with van der Waals surface area (Å²) in [6.07, 6.45) is 3.15. The van der Waals surface area contributed by atoms with Crippen molar-refractivity contribution in [3.05, 3.63) is 23.8 Å². The molecule has 10 heteroatoms. The number of aryl methyl sites for hydroxylation is 1. The zero-order chi connectivity index (χ0) is 16.1. The number of rotatable bonds is 4. The zero-order valence-electron chi connectivity index (χ0n) is 12.0. The minimum Gasteiger partial charge on any atom is -0.452 e. The first kappa shape index (κ1) is 15.4. The third-order valence-corrected chi connectivity index (χ3v) is 2.77. The van der Waals surface area contributed by atoms with E-state index in [0.29, 0.717) is 17.9 Å². The SMILES string of the molecule is CCc1c(C(=O)OCC(=O)NC(=O)NC)cnc2ncnn12. The van der Waals surface area contributed by atoms with Crippen molar-refractivity contribution in [2.24, 2.45) is 0 Å². The summed E-state index contributed by atoms with van der Waals surface area (Å²) in [5.74, 6) is -1.10. The van der Waals surface area contributed by atoms with Gasteiger partial charge in [-0.15, -0.1) is 0 Å². The molecule has 2 rings (SSSR count). The molecule has 0 aliphatic heterocycles. The topological polar surface area (TPSA) is 128 Å². The molecule has 3 amide bonds. The summed E-state index contributed by atoms with van der Waals surface area (Å²) in [4.78, 5) is 42.3. The van der Waals surface area contributed by atoms with Crippen molar-refractivity contribution >= 4 is 23.7 Å². The Morgan fingerprint density at radius 3 is 2.77 bits per heavy atom. The molecule has 0 saturated heterocycles. The fourth-order valence-corrected chi connectivity index (χ4v) is 1.77. The van der Waals surface area contributed by atoms with Crippen molar-refractivity contribution < 1.29 is 19.1 Å². The van der Waals surface area contributed by atoms with Crippen LogP contribution in [0.3, 0.4) is 0 Å². The number of fused-ring (bicyclic) bond motifs is 1. The maximum atomic E-state index is 12.0. The molecule has 0 saturated carbocycles. The normalized spacial score (nSPS) is 10.3. The van der Waals surface area contributed by atoms with Gasteiger partial charge in [-0.25, -0.2) is 19.1 Å². The summed E-state index contributed by atoms with van der Waals surface area (Å²) in [6.45, 7) is 1.26. The highest BCUT2D eigenvalue weighted by Crippen LogP contribution is 2.11. The average Bonchev–Trinajstić information content (AvgIpc) is 2.99. The molecule has 0 fully saturated rings. The van der Waals surface area contributed by atoms with Crippen LogP contribution in [0, 0.1) is 0 Å². The molecule has 2 aromatic rings. The molecular weight excluding hydrogens is 292 g/mol. The van der Waals surface area contributed by atoms with Gasteiger partial charge in [-0.05, 0) is 6.42 Å². The number of aromatic nitrogens is 4. The number of hydrogen-bond acceptors (Lipinski definition) is 7. The van der Waals surface area contributed by atoms with Crippen molar-refractivity contribution in [2.45, 2.75) is 13.3 Å². The molecule has 10 nitrogen and oxygen atoms in total. The predicted octanol–water partition coefficient (Wildman–Crippen LogP) is -0.701. The van der Waals surface area contributed by atoms with Crippen molar-refractivity contribution in [3.63, 3.8) is 0 Å². The van der Waals surface area contributed by atoms with E-state index in [9.17, 15) is 14.4 Å². The molecule has 22 heavy (non-hydrogen) atoms. The number of ether oxygens (including phenoxy) is 1. The summed E-state index contributed by atoms with van der Waals surface area (Å²) in [5, 5.41) is 8.17. The second kappa shape index (κ2) is 6.61. The van der Waals surface area contributed by atoms with E-state index in [0.717, 1.165) is 0 Å². The highest BCUT2D eigenvalue weighted by molar-refractivity contribution is 5.97. The predicted molar refractivity (Wildman–Crippen MR) is 73.0 cm³/mol. The van der Waals surface area contributed by atoms with Gasteiger partial charge in [-0.1, -0.05) is 6.92 Å². The quantitative estimate of drug-likeness (QED) is 0.715. The third kappa shape index (κ3) is 3.16. The van der Waals surface area contributed by atoms with Crippen LogP contribution in [0.2, 0.25) is 0 Å². The van der Waals surface area contributed by atoms with Gasteiger partial charge in [0, 0.05) is 13.2 Å². The molecule has 0 aliphatic rings. The van der Waals surface area contributed by atoms with Gasteiger partial charge in [0.2, 0.25) is 0 Å². The molecule has 0 radical (unpaired) electrons. The molecule has 0 atom stereocenters. The number of esters is 1. The zero-order valence-corrected chi connectivity index (χ0v) is 12.0. The van der Waals surface area contributed by atoms with Crippen LogP contribution in [0.15, 0.2) is 12.5 Å². The van der Waals surface area contributed by atoms with Gasteiger partial charge in [-0.2, -0.15) is 10.1 Å². The van der Waals surface area contributed by atoms with Gasteiger partial charge in [-0.3, -0.25) is 10.1 Å². The second-order valence-corrected chi connectivity index (χ2v) is 4.15. The fraction of sp³-hybridized carbons (Fsp3) is 0.333. The highest BCUT2D eigenvalue weighted by Gasteiger charge is 2.18. The standard InChI is InChI=1S/C12H14N6O4/c1-3-8-7(4-14-11-15-6-16-18(8)11)10(20)22-5-9(19)17-12(21)13-2/h4,6H,3,5H2,1-2H3,(H2,13,17,19,21). The Kier molecular flexibility index (Phi) is 4.61. The number of carbonyl (C=O) groups excluding carboxylic acids is 3. The van der Waals surface area contributed by atoms with E-state index < -0.39 is 24.5 Å². The molecular formula is C12H14N6O4. The molecule has 116 valence electrons. The lowest BCUT2D eigenvalue weighted by molar-refractivity contribution is -0.123. The second-order valence-electron chi connectivity index (χ2n) is 4.15. The van der Waals surface area contributed by atoms with Gasteiger partial charge in [0.15, 0.2) is 6.61 Å². The number of nitrogens with one attached hydrogen (secondary N) is 2. The summed E-state index contributed by atoms with van der Waals surface area (Å²) >= 11 is 0. The van der Waals surface area contributed by atoms with Crippen LogP contribution in [0.5, 0.6) is 0 Å². The number of carbonyl (C=O) groups is 3. The number of imide groups is 1. The first-order valence-corrected chi connectivity index (χ1v) is 6.43. The van der Waals surface area contributed by atoms with Gasteiger partial charge >= 0.3 is 12.0 Å². The molecule has 2 N–H and O–H groups in total. The first-order valence-electron chi connectivity index (χ1n) is 6.43. The maximum absolute atomic E-state index is 12.0. The Morgan fingerprint density at radius 1 is 1.32 bits per heavy atom. The minimum atomic E-state index is -0.736. The summed E-state index contributed by atoms with van der Waals surface area (Å²) in [6, 6.07) is -0.680. The van der Waals surface area contributed by atoms with Crippen LogP contribution in [-0.2, 0) is 16.0 Å². The monoisotopic (exact) mass is 306 g/mol. The Balaban J connectivity index is 2.09. The lowest BCUT2D eigenvalue weighted by atomic mass is 10.2. The van der Waals surface area contributed by atoms with E-state index in [2.05, 4.69) is 20.4 Å². The molecule has 2 heterocycles. The van der Waals surface area contributed by atoms with Crippen LogP contribution in [0.1, 0.15) is 23.0 Å². The summed E-state index contributed by atoms with van der Waals surface area (Å²) < 4.78 is 6.30. The molecule has 0 unspecified atom stereocenters. The number of hydrogen-bond donors (Lipinski definition) is 2. The Morgan fingerprint density at radius 2 is 2.09 bits per heavy atom. The van der Waals surface area contributed by atoms with Crippen molar-refractivity contribution in [3.8, 4) is 0 Å². The van der Waals surface area contributed by atoms with Gasteiger partial charge in [0.25, 0.3) is 11.7 Å². The molecule has 0 spiro atoms. The average molecular weight is 306 g/mol. The minimum absolute atomic E-state index is 0.188. The third-order valence-electron chi connectivity index (χ3n) is 2.77. The van der Waals surface area contributed by atoms with Gasteiger partial charge in [0.05, 0.1) is 11.3 Å². The van der Waals surface area contributed by atoms with Crippen LogP contribution >= 0.6 is 0 Å². The van der Waals surface area contributed by atoms with E-state index in [-0.39, 0.29) is 5.56 Å². The van der Waals surface area contributed by atoms with E-state index >= 15 is 0 Å². The van der Waals surface area contributed by atoms with Crippen LogP contribution in [0.25, 0.3) is 5.78 Å². The number of amides is 3. The van der Waals surface area contributed by atoms with E-state index in [1.165, 1.54) is 24.1 Å². The van der Waals surface area contributed by atoms with Crippen LogP contribution in [-0.4, -0.2) is 51.1 Å². The molecule has 0 bridgehead atoms. The number of nitrogens with zero attached hydrogens (tertiary/aromatic N) is 4. The summed E-state index contributed by atoms with van der Waals surface area (Å²) in [5.41, 5.74) is 0.757. The first-order chi connectivity index (χ1) is 10.6. The van der Waals surface area contributed by atoms with E-state index in [1.54, 1.807) is 0 Å². The Hall–Kier alpha value is -3.04. The van der Waals surface area contributed by atoms with Crippen molar-refractivity contribution in [1.82, 2.24) is 30.2 Å². The Bertz CT molecular complexity index is 725. The number of urea groups is 1. The molecule has 0 aromatic carbocycles. The lowest BCUT2D eigenvalue weighted by Crippen LogP contribution is -2.39. The molecule has 2 aromatic heterocycles. The Labute approximate surface area is 124 Å². The fourth-order valence-electron chi connectivity index (χ4n) is 1.77. The lowest BCUT2D eigenvalue weighted by Gasteiger charge is -2.09.